The Labute approximate surface area is 142 Å². The van der Waals surface area contributed by atoms with Crippen molar-refractivity contribution in [3.8, 4) is 0 Å². The normalized spacial score (nSPS) is 11.5. The van der Waals surface area contributed by atoms with Crippen LogP contribution in [0.5, 0.6) is 0 Å². The van der Waals surface area contributed by atoms with Gasteiger partial charge in [0.15, 0.2) is 0 Å². The smallest absolute Gasteiger partial charge is 0.407 e. The highest BCUT2D eigenvalue weighted by molar-refractivity contribution is 5.67. The van der Waals surface area contributed by atoms with Gasteiger partial charge in [0.1, 0.15) is 5.60 Å². The molecule has 0 aliphatic carbocycles. The Hall–Kier alpha value is -0.810. The third-order valence-electron chi connectivity index (χ3n) is 3.10. The summed E-state index contributed by atoms with van der Waals surface area (Å²) < 4.78 is 16.3. The van der Waals surface area contributed by atoms with Crippen molar-refractivity contribution >= 4 is 6.09 Å². The molecule has 0 radical (unpaired) electrons. The van der Waals surface area contributed by atoms with E-state index in [0.29, 0.717) is 6.54 Å². The number of hydrogen-bond donors (Lipinski definition) is 1. The first kappa shape index (κ1) is 22.2. The van der Waals surface area contributed by atoms with E-state index in [1.165, 1.54) is 19.3 Å². The molecule has 23 heavy (non-hydrogen) atoms. The van der Waals surface area contributed by atoms with Gasteiger partial charge in [0.25, 0.3) is 0 Å². The predicted molar refractivity (Wildman–Crippen MR) is 93.9 cm³/mol. The lowest BCUT2D eigenvalue weighted by atomic mass is 10.2. The Balaban J connectivity index is 3.15. The highest BCUT2D eigenvalue weighted by atomic mass is 16.6. The van der Waals surface area contributed by atoms with Gasteiger partial charge in [0.2, 0.25) is 0 Å². The van der Waals surface area contributed by atoms with E-state index in [-0.39, 0.29) is 6.09 Å². The third kappa shape index (κ3) is 19.1. The lowest BCUT2D eigenvalue weighted by molar-refractivity contribution is 0.0524. The van der Waals surface area contributed by atoms with Gasteiger partial charge in [0.05, 0.1) is 0 Å². The first-order valence-electron chi connectivity index (χ1n) is 9.08. The first-order valence-corrected chi connectivity index (χ1v) is 9.08. The Morgan fingerprint density at radius 2 is 1.30 bits per heavy atom. The van der Waals surface area contributed by atoms with Crippen LogP contribution in [-0.2, 0) is 14.2 Å². The van der Waals surface area contributed by atoms with Gasteiger partial charge < -0.3 is 19.5 Å². The Morgan fingerprint density at radius 3 is 1.78 bits per heavy atom. The molecule has 1 N–H and O–H groups in total. The van der Waals surface area contributed by atoms with Crippen LogP contribution >= 0.6 is 0 Å². The molecule has 5 nitrogen and oxygen atoms in total. The SMILES string of the molecule is CCCCCOCCCCOCCCCNC(=O)OC(C)(C)C. The molecular formula is C18H37NO4. The zero-order valence-electron chi connectivity index (χ0n) is 15.6. The van der Waals surface area contributed by atoms with Crippen LogP contribution in [0.25, 0.3) is 0 Å². The van der Waals surface area contributed by atoms with Crippen LogP contribution in [0.4, 0.5) is 4.79 Å². The van der Waals surface area contributed by atoms with Crippen LogP contribution in [-0.4, -0.2) is 44.7 Å². The lowest BCUT2D eigenvalue weighted by Gasteiger charge is -2.19. The molecule has 0 aliphatic rings. The molecule has 0 unspecified atom stereocenters. The van der Waals surface area contributed by atoms with Crippen LogP contribution in [0, 0.1) is 0 Å². The Kier molecular flexibility index (Phi) is 14.2. The van der Waals surface area contributed by atoms with Crippen molar-refractivity contribution in [2.75, 3.05) is 33.0 Å². The maximum absolute atomic E-state index is 11.4. The van der Waals surface area contributed by atoms with Crippen LogP contribution in [0.2, 0.25) is 0 Å². The lowest BCUT2D eigenvalue weighted by Crippen LogP contribution is -2.33. The number of amides is 1. The molecule has 0 bridgehead atoms. The topological polar surface area (TPSA) is 56.8 Å². The molecule has 0 saturated heterocycles. The van der Waals surface area contributed by atoms with Gasteiger partial charge in [-0.2, -0.15) is 0 Å². The van der Waals surface area contributed by atoms with E-state index in [1.54, 1.807) is 0 Å². The first-order chi connectivity index (χ1) is 11.0. The summed E-state index contributed by atoms with van der Waals surface area (Å²) in [6, 6.07) is 0. The minimum Gasteiger partial charge on any atom is -0.444 e. The van der Waals surface area contributed by atoms with Crippen LogP contribution < -0.4 is 5.32 Å². The van der Waals surface area contributed by atoms with E-state index in [2.05, 4.69) is 12.2 Å². The minimum atomic E-state index is -0.438. The summed E-state index contributed by atoms with van der Waals surface area (Å²) in [6.07, 6.45) is 7.28. The van der Waals surface area contributed by atoms with Crippen molar-refractivity contribution < 1.29 is 19.0 Å². The molecule has 0 aliphatic heterocycles. The zero-order valence-corrected chi connectivity index (χ0v) is 15.6. The number of carbonyl (C=O) groups is 1. The average Bonchev–Trinajstić information content (AvgIpc) is 2.46. The molecule has 0 aromatic rings. The van der Waals surface area contributed by atoms with Gasteiger partial charge in [-0.05, 0) is 52.9 Å². The number of unbranched alkanes of at least 4 members (excludes halogenated alkanes) is 4. The van der Waals surface area contributed by atoms with Crippen molar-refractivity contribution in [1.82, 2.24) is 5.32 Å². The van der Waals surface area contributed by atoms with Crippen molar-refractivity contribution in [2.24, 2.45) is 0 Å². The Morgan fingerprint density at radius 1 is 0.826 bits per heavy atom. The van der Waals surface area contributed by atoms with Crippen molar-refractivity contribution in [1.29, 1.82) is 0 Å². The summed E-state index contributed by atoms with van der Waals surface area (Å²) in [6.45, 7) is 11.7. The predicted octanol–water partition coefficient (Wildman–Crippen LogP) is 4.29. The van der Waals surface area contributed by atoms with Crippen LogP contribution in [0.15, 0.2) is 0 Å². The molecule has 1 amide bonds. The summed E-state index contributed by atoms with van der Waals surface area (Å²) in [5, 5.41) is 2.75. The molecule has 0 fully saturated rings. The number of ether oxygens (including phenoxy) is 3. The number of nitrogens with one attached hydrogen (secondary N) is 1. The molecule has 0 aromatic carbocycles. The molecule has 0 aromatic heterocycles. The van der Waals surface area contributed by atoms with Gasteiger partial charge in [-0.3, -0.25) is 0 Å². The quantitative estimate of drug-likeness (QED) is 0.482. The second-order valence-corrected chi connectivity index (χ2v) is 6.77. The summed E-state index contributed by atoms with van der Waals surface area (Å²) in [5.41, 5.74) is -0.438. The van der Waals surface area contributed by atoms with Crippen molar-refractivity contribution in [3.63, 3.8) is 0 Å². The highest BCUT2D eigenvalue weighted by Gasteiger charge is 2.15. The molecule has 0 saturated carbocycles. The van der Waals surface area contributed by atoms with Gasteiger partial charge >= 0.3 is 6.09 Å². The fourth-order valence-electron chi connectivity index (χ4n) is 1.90. The largest absolute Gasteiger partial charge is 0.444 e. The summed E-state index contributed by atoms with van der Waals surface area (Å²) in [4.78, 5) is 11.4. The summed E-state index contributed by atoms with van der Waals surface area (Å²) >= 11 is 0. The standard InChI is InChI=1S/C18H37NO4/c1-5-6-8-13-21-15-10-11-16-22-14-9-7-12-19-17(20)23-18(2,3)4/h5-16H2,1-4H3,(H,19,20). The van der Waals surface area contributed by atoms with E-state index in [0.717, 1.165) is 52.1 Å². The zero-order chi connectivity index (χ0) is 17.4. The summed E-state index contributed by atoms with van der Waals surface area (Å²) in [5.74, 6) is 0. The van der Waals surface area contributed by atoms with E-state index >= 15 is 0 Å². The molecule has 0 spiro atoms. The van der Waals surface area contributed by atoms with Gasteiger partial charge in [-0.25, -0.2) is 4.79 Å². The maximum atomic E-state index is 11.4. The average molecular weight is 331 g/mol. The van der Waals surface area contributed by atoms with Crippen LogP contribution in [0.3, 0.4) is 0 Å². The number of rotatable bonds is 14. The van der Waals surface area contributed by atoms with E-state index in [9.17, 15) is 4.79 Å². The molecule has 5 heteroatoms. The summed E-state index contributed by atoms with van der Waals surface area (Å²) in [7, 11) is 0. The highest BCUT2D eigenvalue weighted by Crippen LogP contribution is 2.06. The minimum absolute atomic E-state index is 0.350. The monoisotopic (exact) mass is 331 g/mol. The molecule has 0 heterocycles. The van der Waals surface area contributed by atoms with Gasteiger partial charge in [0, 0.05) is 33.0 Å². The van der Waals surface area contributed by atoms with E-state index < -0.39 is 5.60 Å². The van der Waals surface area contributed by atoms with Crippen molar-refractivity contribution in [2.45, 2.75) is 78.2 Å². The van der Waals surface area contributed by atoms with Crippen molar-refractivity contribution in [3.05, 3.63) is 0 Å². The fraction of sp³-hybridized carbons (Fsp3) is 0.944. The number of alkyl carbamates (subject to hydrolysis) is 1. The second-order valence-electron chi connectivity index (χ2n) is 6.77. The maximum Gasteiger partial charge on any atom is 0.407 e. The van der Waals surface area contributed by atoms with Crippen LogP contribution in [0.1, 0.15) is 72.6 Å². The molecule has 0 atom stereocenters. The van der Waals surface area contributed by atoms with E-state index in [1.807, 2.05) is 20.8 Å². The second kappa shape index (κ2) is 14.8. The molecule has 0 rings (SSSR count). The molecular weight excluding hydrogens is 294 g/mol. The number of hydrogen-bond acceptors (Lipinski definition) is 4. The Bertz CT molecular complexity index is 277. The molecule has 138 valence electrons. The van der Waals surface area contributed by atoms with Gasteiger partial charge in [-0.1, -0.05) is 19.8 Å². The number of carbonyl (C=O) groups excluding carboxylic acids is 1. The fourth-order valence-corrected chi connectivity index (χ4v) is 1.90. The van der Waals surface area contributed by atoms with Gasteiger partial charge in [-0.15, -0.1) is 0 Å². The third-order valence-corrected chi connectivity index (χ3v) is 3.10. The van der Waals surface area contributed by atoms with E-state index in [4.69, 9.17) is 14.2 Å².